The fourth-order valence-corrected chi connectivity index (χ4v) is 3.91. The van der Waals surface area contributed by atoms with Gasteiger partial charge >= 0.3 is 0 Å². The molecule has 1 saturated carbocycles. The van der Waals surface area contributed by atoms with Crippen LogP contribution in [0.4, 0.5) is 0 Å². The number of hydrogen-bond donors (Lipinski definition) is 0. The minimum atomic E-state index is 0.147. The molecule has 1 saturated heterocycles. The van der Waals surface area contributed by atoms with Crippen LogP contribution in [-0.2, 0) is 11.3 Å². The van der Waals surface area contributed by atoms with E-state index in [0.29, 0.717) is 11.8 Å². The van der Waals surface area contributed by atoms with Gasteiger partial charge < -0.3 is 4.90 Å². The maximum Gasteiger partial charge on any atom is 0.226 e. The Morgan fingerprint density at radius 3 is 3.00 bits per heavy atom. The van der Waals surface area contributed by atoms with Crippen molar-refractivity contribution in [2.75, 3.05) is 6.54 Å². The van der Waals surface area contributed by atoms with Gasteiger partial charge in [0.05, 0.1) is 18.8 Å². The van der Waals surface area contributed by atoms with E-state index in [-0.39, 0.29) is 12.0 Å². The third-order valence-electron chi connectivity index (χ3n) is 5.29. The maximum atomic E-state index is 13.0. The van der Waals surface area contributed by atoms with Crippen LogP contribution in [0, 0.1) is 12.8 Å². The smallest absolute Gasteiger partial charge is 0.226 e. The summed E-state index contributed by atoms with van der Waals surface area (Å²) in [5.74, 6) is 0.840. The Bertz CT molecular complexity index is 711. The van der Waals surface area contributed by atoms with Gasteiger partial charge in [0.2, 0.25) is 5.91 Å². The van der Waals surface area contributed by atoms with E-state index in [1.807, 2.05) is 23.1 Å². The average molecular weight is 324 g/mol. The van der Waals surface area contributed by atoms with Gasteiger partial charge in [-0.25, -0.2) is 0 Å². The van der Waals surface area contributed by atoms with E-state index in [1.165, 1.54) is 17.5 Å². The van der Waals surface area contributed by atoms with Gasteiger partial charge in [0.15, 0.2) is 0 Å². The fourth-order valence-electron chi connectivity index (χ4n) is 3.91. The lowest BCUT2D eigenvalue weighted by Gasteiger charge is -2.36. The van der Waals surface area contributed by atoms with Crippen molar-refractivity contribution in [1.29, 1.82) is 0 Å². The summed E-state index contributed by atoms with van der Waals surface area (Å²) in [7, 11) is 0. The molecule has 0 bridgehead atoms. The largest absolute Gasteiger partial charge is 0.338 e. The van der Waals surface area contributed by atoms with E-state index >= 15 is 0 Å². The van der Waals surface area contributed by atoms with Crippen LogP contribution < -0.4 is 0 Å². The molecule has 3 unspecified atom stereocenters. The number of pyridine rings is 1. The molecule has 1 amide bonds. The number of likely N-dealkylation sites (tertiary alicyclic amines) is 1. The lowest BCUT2D eigenvalue weighted by molar-refractivity contribution is -0.136. The van der Waals surface area contributed by atoms with E-state index in [9.17, 15) is 4.79 Å². The average Bonchev–Trinajstić information content (AvgIpc) is 3.32. The minimum absolute atomic E-state index is 0.147. The van der Waals surface area contributed by atoms with Crippen LogP contribution in [0.25, 0.3) is 0 Å². The number of nitrogens with zero attached hydrogens (tertiary/aromatic N) is 4. The van der Waals surface area contributed by atoms with Crippen molar-refractivity contribution in [2.45, 2.75) is 51.1 Å². The van der Waals surface area contributed by atoms with E-state index in [4.69, 9.17) is 0 Å². The van der Waals surface area contributed by atoms with Gasteiger partial charge in [-0.1, -0.05) is 6.07 Å². The number of hydrogen-bond acceptors (Lipinski definition) is 3. The normalized spacial score (nSPS) is 26.4. The second kappa shape index (κ2) is 6.38. The summed E-state index contributed by atoms with van der Waals surface area (Å²) in [6.07, 6.45) is 12.0. The quantitative estimate of drug-likeness (QED) is 0.869. The molecule has 2 aromatic heterocycles. The summed E-state index contributed by atoms with van der Waals surface area (Å²) in [5.41, 5.74) is 2.37. The predicted octanol–water partition coefficient (Wildman–Crippen LogP) is 2.77. The lowest BCUT2D eigenvalue weighted by atomic mass is 10.0. The van der Waals surface area contributed by atoms with E-state index in [1.54, 1.807) is 6.20 Å². The van der Waals surface area contributed by atoms with Crippen molar-refractivity contribution >= 4 is 5.91 Å². The zero-order valence-corrected chi connectivity index (χ0v) is 14.1. The Morgan fingerprint density at radius 1 is 1.33 bits per heavy atom. The van der Waals surface area contributed by atoms with Crippen LogP contribution in [0.1, 0.15) is 42.7 Å². The third kappa shape index (κ3) is 3.07. The first-order valence-electron chi connectivity index (χ1n) is 8.92. The maximum absolute atomic E-state index is 13.0. The zero-order valence-electron chi connectivity index (χ0n) is 14.1. The number of aromatic nitrogens is 3. The van der Waals surface area contributed by atoms with Crippen molar-refractivity contribution in [2.24, 2.45) is 5.92 Å². The van der Waals surface area contributed by atoms with Crippen LogP contribution in [0.2, 0.25) is 0 Å². The van der Waals surface area contributed by atoms with Gasteiger partial charge in [0, 0.05) is 31.1 Å². The Kier molecular flexibility index (Phi) is 4.08. The van der Waals surface area contributed by atoms with Crippen LogP contribution in [-0.4, -0.2) is 38.2 Å². The Morgan fingerprint density at radius 2 is 2.25 bits per heavy atom. The molecule has 2 aromatic rings. The van der Waals surface area contributed by atoms with Gasteiger partial charge in [-0.2, -0.15) is 5.10 Å². The van der Waals surface area contributed by atoms with Crippen LogP contribution in [0.5, 0.6) is 0 Å². The zero-order chi connectivity index (χ0) is 16.5. The molecular weight excluding hydrogens is 300 g/mol. The first-order chi connectivity index (χ1) is 11.7. The first kappa shape index (κ1) is 15.4. The molecule has 0 spiro atoms. The topological polar surface area (TPSA) is 51.0 Å². The molecule has 126 valence electrons. The number of aryl methyl sites for hydroxylation is 1. The molecule has 1 aliphatic carbocycles. The first-order valence-corrected chi connectivity index (χ1v) is 8.92. The number of piperidine rings is 1. The second-order valence-corrected chi connectivity index (χ2v) is 7.16. The van der Waals surface area contributed by atoms with Gasteiger partial charge in [-0.15, -0.1) is 0 Å². The standard InChI is InChI=1S/C19H24N4O/c1-14-10-21-22(12-14)13-16-6-2-3-8-23(16)19(24)18-9-17(18)15-5-4-7-20-11-15/h4-5,7,10-12,16-18H,2-3,6,8-9,13H2,1H3. The molecule has 2 aliphatic rings. The van der Waals surface area contributed by atoms with Crippen LogP contribution in [0.3, 0.4) is 0 Å². The summed E-state index contributed by atoms with van der Waals surface area (Å²) in [4.78, 5) is 19.3. The molecule has 3 atom stereocenters. The monoisotopic (exact) mass is 324 g/mol. The highest BCUT2D eigenvalue weighted by molar-refractivity contribution is 5.83. The molecule has 2 fully saturated rings. The molecular formula is C19H24N4O. The van der Waals surface area contributed by atoms with Gasteiger partial charge in [-0.05, 0) is 55.7 Å². The number of carbonyl (C=O) groups is 1. The molecule has 4 rings (SSSR count). The Hall–Kier alpha value is -2.17. The molecule has 0 aromatic carbocycles. The SMILES string of the molecule is Cc1cnn(CC2CCCCN2C(=O)C2CC2c2cccnc2)c1. The number of rotatable bonds is 4. The highest BCUT2D eigenvalue weighted by atomic mass is 16.2. The molecule has 5 nitrogen and oxygen atoms in total. The van der Waals surface area contributed by atoms with Crippen molar-refractivity contribution in [1.82, 2.24) is 19.7 Å². The Balaban J connectivity index is 1.44. The summed E-state index contributed by atoms with van der Waals surface area (Å²) in [6, 6.07) is 4.32. The summed E-state index contributed by atoms with van der Waals surface area (Å²) < 4.78 is 1.98. The third-order valence-corrected chi connectivity index (χ3v) is 5.29. The van der Waals surface area contributed by atoms with Crippen molar-refractivity contribution in [3.8, 4) is 0 Å². The highest BCUT2D eigenvalue weighted by Gasteiger charge is 2.47. The highest BCUT2D eigenvalue weighted by Crippen LogP contribution is 2.48. The van der Waals surface area contributed by atoms with Crippen molar-refractivity contribution in [3.63, 3.8) is 0 Å². The molecule has 5 heteroatoms. The summed E-state index contributed by atoms with van der Waals surface area (Å²) >= 11 is 0. The molecule has 3 heterocycles. The van der Waals surface area contributed by atoms with Crippen LogP contribution in [0.15, 0.2) is 36.9 Å². The van der Waals surface area contributed by atoms with E-state index < -0.39 is 0 Å². The fraction of sp³-hybridized carbons (Fsp3) is 0.526. The van der Waals surface area contributed by atoms with Crippen molar-refractivity contribution in [3.05, 3.63) is 48.0 Å². The summed E-state index contributed by atoms with van der Waals surface area (Å²) in [6.45, 7) is 3.75. The van der Waals surface area contributed by atoms with E-state index in [2.05, 4.69) is 34.2 Å². The molecule has 24 heavy (non-hydrogen) atoms. The number of amides is 1. The van der Waals surface area contributed by atoms with E-state index in [0.717, 1.165) is 32.4 Å². The Labute approximate surface area is 142 Å². The number of carbonyl (C=O) groups excluding carboxylic acids is 1. The van der Waals surface area contributed by atoms with Gasteiger partial charge in [0.25, 0.3) is 0 Å². The molecule has 0 radical (unpaired) electrons. The molecule has 0 N–H and O–H groups in total. The minimum Gasteiger partial charge on any atom is -0.338 e. The lowest BCUT2D eigenvalue weighted by Crippen LogP contribution is -2.46. The van der Waals surface area contributed by atoms with Crippen LogP contribution >= 0.6 is 0 Å². The predicted molar refractivity (Wildman–Crippen MR) is 91.4 cm³/mol. The second-order valence-electron chi connectivity index (χ2n) is 7.16. The summed E-state index contributed by atoms with van der Waals surface area (Å²) in [5, 5.41) is 4.40. The van der Waals surface area contributed by atoms with Gasteiger partial charge in [-0.3, -0.25) is 14.5 Å². The van der Waals surface area contributed by atoms with Crippen molar-refractivity contribution < 1.29 is 4.79 Å². The van der Waals surface area contributed by atoms with Gasteiger partial charge in [0.1, 0.15) is 0 Å². The molecule has 1 aliphatic heterocycles.